The second-order valence-electron chi connectivity index (χ2n) is 6.01. The molecule has 1 fully saturated rings. The summed E-state index contributed by atoms with van der Waals surface area (Å²) in [6.07, 6.45) is 0. The summed E-state index contributed by atoms with van der Waals surface area (Å²) < 4.78 is 1.06. The fraction of sp³-hybridized carbons (Fsp3) is 0.529. The Hall–Kier alpha value is -1.40. The van der Waals surface area contributed by atoms with E-state index >= 15 is 0 Å². The zero-order valence-electron chi connectivity index (χ0n) is 14.0. The zero-order chi connectivity index (χ0) is 17.0. The molecule has 6 heteroatoms. The van der Waals surface area contributed by atoms with Gasteiger partial charge >= 0.3 is 0 Å². The molecule has 0 spiro atoms. The highest BCUT2D eigenvalue weighted by molar-refractivity contribution is 9.10. The second kappa shape index (κ2) is 7.93. The highest BCUT2D eigenvalue weighted by atomic mass is 79.9. The summed E-state index contributed by atoms with van der Waals surface area (Å²) in [5.41, 5.74) is 1.16. The number of rotatable bonds is 4. The third kappa shape index (κ3) is 4.54. The van der Waals surface area contributed by atoms with Gasteiger partial charge in [-0.3, -0.25) is 14.5 Å². The Balaban J connectivity index is 1.92. The number of carbonyl (C=O) groups excluding carboxylic acids is 2. The van der Waals surface area contributed by atoms with Crippen molar-refractivity contribution in [3.8, 4) is 0 Å². The molecule has 1 unspecified atom stereocenters. The van der Waals surface area contributed by atoms with Crippen LogP contribution in [0.25, 0.3) is 0 Å². The molecule has 0 aliphatic carbocycles. The van der Waals surface area contributed by atoms with Gasteiger partial charge in [0.1, 0.15) is 0 Å². The number of piperazine rings is 1. The minimum absolute atomic E-state index is 0.0798. The molecule has 1 aliphatic heterocycles. The van der Waals surface area contributed by atoms with Crippen LogP contribution in [0, 0.1) is 0 Å². The summed E-state index contributed by atoms with van der Waals surface area (Å²) in [5.74, 6) is 0.207. The van der Waals surface area contributed by atoms with Gasteiger partial charge in [0, 0.05) is 44.1 Å². The van der Waals surface area contributed by atoms with Crippen LogP contribution >= 0.6 is 15.9 Å². The van der Waals surface area contributed by atoms with Gasteiger partial charge in [-0.1, -0.05) is 34.1 Å². The van der Waals surface area contributed by atoms with Crippen LogP contribution < -0.4 is 0 Å². The number of amides is 2. The lowest BCUT2D eigenvalue weighted by atomic mass is 10.1. The molecule has 1 saturated heterocycles. The summed E-state index contributed by atoms with van der Waals surface area (Å²) in [6.45, 7) is 6.71. The molecule has 0 saturated carbocycles. The van der Waals surface area contributed by atoms with Crippen LogP contribution in [0.4, 0.5) is 0 Å². The molecule has 0 bridgehead atoms. The lowest BCUT2D eigenvalue weighted by molar-refractivity contribution is -0.141. The van der Waals surface area contributed by atoms with Gasteiger partial charge in [0.25, 0.3) is 0 Å². The molecule has 5 nitrogen and oxygen atoms in total. The normalized spacial score (nSPS) is 16.6. The molecule has 1 heterocycles. The summed E-state index contributed by atoms with van der Waals surface area (Å²) >= 11 is 3.55. The summed E-state index contributed by atoms with van der Waals surface area (Å²) in [7, 11) is 1.97. The topological polar surface area (TPSA) is 43.9 Å². The van der Waals surface area contributed by atoms with Gasteiger partial charge in [-0.25, -0.2) is 0 Å². The Labute approximate surface area is 146 Å². The first-order valence-electron chi connectivity index (χ1n) is 7.88. The molecule has 0 N–H and O–H groups in total. The fourth-order valence-corrected chi connectivity index (χ4v) is 3.14. The third-order valence-electron chi connectivity index (χ3n) is 4.43. The quantitative estimate of drug-likeness (QED) is 0.800. The van der Waals surface area contributed by atoms with Crippen LogP contribution in [0.1, 0.15) is 19.4 Å². The van der Waals surface area contributed by atoms with E-state index in [1.54, 1.807) is 11.8 Å². The fourth-order valence-electron chi connectivity index (χ4n) is 2.73. The minimum atomic E-state index is -0.189. The molecule has 0 aromatic heterocycles. The lowest BCUT2D eigenvalue weighted by Crippen LogP contribution is -2.54. The van der Waals surface area contributed by atoms with Crippen molar-refractivity contribution in [2.45, 2.75) is 26.4 Å². The largest absolute Gasteiger partial charge is 0.339 e. The molecule has 23 heavy (non-hydrogen) atoms. The molecule has 1 aromatic rings. The summed E-state index contributed by atoms with van der Waals surface area (Å²) in [6, 6.07) is 7.86. The van der Waals surface area contributed by atoms with Gasteiger partial charge in [-0.15, -0.1) is 0 Å². The van der Waals surface area contributed by atoms with E-state index in [1.165, 1.54) is 0 Å². The predicted molar refractivity (Wildman–Crippen MR) is 93.9 cm³/mol. The maximum absolute atomic E-state index is 12.7. The van der Waals surface area contributed by atoms with E-state index in [1.807, 2.05) is 37.1 Å². The second-order valence-corrected chi connectivity index (χ2v) is 6.87. The van der Waals surface area contributed by atoms with Gasteiger partial charge in [-0.05, 0) is 25.6 Å². The Morgan fingerprint density at radius 2 is 1.74 bits per heavy atom. The maximum atomic E-state index is 12.7. The van der Waals surface area contributed by atoms with Crippen molar-refractivity contribution >= 4 is 27.7 Å². The zero-order valence-corrected chi connectivity index (χ0v) is 15.5. The number of hydrogen-bond donors (Lipinski definition) is 0. The number of benzene rings is 1. The van der Waals surface area contributed by atoms with Crippen LogP contribution in [0.2, 0.25) is 0 Å². The first-order chi connectivity index (χ1) is 10.9. The molecular weight excluding hydrogens is 358 g/mol. The summed E-state index contributed by atoms with van der Waals surface area (Å²) in [4.78, 5) is 29.7. The number of halogens is 1. The van der Waals surface area contributed by atoms with Crippen molar-refractivity contribution in [1.29, 1.82) is 0 Å². The van der Waals surface area contributed by atoms with Crippen molar-refractivity contribution in [1.82, 2.24) is 14.7 Å². The molecule has 1 atom stereocenters. The van der Waals surface area contributed by atoms with E-state index in [-0.39, 0.29) is 17.9 Å². The van der Waals surface area contributed by atoms with Crippen molar-refractivity contribution in [2.75, 3.05) is 33.2 Å². The lowest BCUT2D eigenvalue weighted by Gasteiger charge is -2.37. The standard InChI is InChI=1S/C17H24BrN3O2/c1-13(19(3)12-15-6-4-5-7-16(15)18)17(23)21-10-8-20(9-11-21)14(2)22/h4-7,13H,8-12H2,1-3H3. The van der Waals surface area contributed by atoms with Crippen LogP contribution in [-0.2, 0) is 16.1 Å². The van der Waals surface area contributed by atoms with Crippen molar-refractivity contribution in [3.05, 3.63) is 34.3 Å². The van der Waals surface area contributed by atoms with E-state index in [2.05, 4.69) is 26.9 Å². The number of likely N-dealkylation sites (N-methyl/N-ethyl adjacent to an activating group) is 1. The number of hydrogen-bond acceptors (Lipinski definition) is 3. The highest BCUT2D eigenvalue weighted by Gasteiger charge is 2.27. The van der Waals surface area contributed by atoms with E-state index in [4.69, 9.17) is 0 Å². The molecule has 0 radical (unpaired) electrons. The van der Waals surface area contributed by atoms with Gasteiger partial charge in [0.2, 0.25) is 11.8 Å². The van der Waals surface area contributed by atoms with Crippen LogP contribution in [0.15, 0.2) is 28.7 Å². The monoisotopic (exact) mass is 381 g/mol. The Morgan fingerprint density at radius 1 is 1.17 bits per heavy atom. The average molecular weight is 382 g/mol. The van der Waals surface area contributed by atoms with Gasteiger partial charge in [-0.2, -0.15) is 0 Å². The van der Waals surface area contributed by atoms with E-state index in [0.29, 0.717) is 32.7 Å². The molecule has 2 amide bonds. The smallest absolute Gasteiger partial charge is 0.239 e. The van der Waals surface area contributed by atoms with E-state index in [0.717, 1.165) is 10.0 Å². The molecule has 126 valence electrons. The van der Waals surface area contributed by atoms with Crippen molar-refractivity contribution in [3.63, 3.8) is 0 Å². The molecule has 2 rings (SSSR count). The van der Waals surface area contributed by atoms with Crippen molar-refractivity contribution < 1.29 is 9.59 Å². The SMILES string of the molecule is CC(=O)N1CCN(C(=O)C(C)N(C)Cc2ccccc2Br)CC1. The van der Waals surface area contributed by atoms with Gasteiger partial charge in [0.15, 0.2) is 0 Å². The Bertz CT molecular complexity index is 571. The number of carbonyl (C=O) groups is 2. The Kier molecular flexibility index (Phi) is 6.18. The van der Waals surface area contributed by atoms with E-state index < -0.39 is 0 Å². The van der Waals surface area contributed by atoms with Crippen LogP contribution in [-0.4, -0.2) is 65.8 Å². The molecular formula is C17H24BrN3O2. The summed E-state index contributed by atoms with van der Waals surface area (Å²) in [5, 5.41) is 0. The van der Waals surface area contributed by atoms with Gasteiger partial charge in [0.05, 0.1) is 6.04 Å². The Morgan fingerprint density at radius 3 is 2.30 bits per heavy atom. The maximum Gasteiger partial charge on any atom is 0.239 e. The predicted octanol–water partition coefficient (Wildman–Crippen LogP) is 1.96. The number of nitrogens with zero attached hydrogens (tertiary/aromatic N) is 3. The first-order valence-corrected chi connectivity index (χ1v) is 8.67. The van der Waals surface area contributed by atoms with E-state index in [9.17, 15) is 9.59 Å². The average Bonchev–Trinajstić information content (AvgIpc) is 2.55. The third-order valence-corrected chi connectivity index (χ3v) is 5.21. The first kappa shape index (κ1) is 17.9. The van der Waals surface area contributed by atoms with Crippen molar-refractivity contribution in [2.24, 2.45) is 0 Å². The molecule has 1 aliphatic rings. The minimum Gasteiger partial charge on any atom is -0.339 e. The highest BCUT2D eigenvalue weighted by Crippen LogP contribution is 2.18. The van der Waals surface area contributed by atoms with Crippen LogP contribution in [0.5, 0.6) is 0 Å². The van der Waals surface area contributed by atoms with Crippen LogP contribution in [0.3, 0.4) is 0 Å². The van der Waals surface area contributed by atoms with Gasteiger partial charge < -0.3 is 9.80 Å². The molecule has 1 aromatic carbocycles.